The van der Waals surface area contributed by atoms with Crippen LogP contribution in [0.5, 0.6) is 0 Å². The van der Waals surface area contributed by atoms with Gasteiger partial charge in [0.2, 0.25) is 0 Å². The number of nitrogens with one attached hydrogen (secondary N) is 1. The predicted octanol–water partition coefficient (Wildman–Crippen LogP) is 1.89. The molecular weight excluding hydrogens is 244 g/mol. The van der Waals surface area contributed by atoms with E-state index in [1.165, 1.54) is 0 Å². The summed E-state index contributed by atoms with van der Waals surface area (Å²) in [6.45, 7) is 2.07. The fraction of sp³-hybridized carbons (Fsp3) is 0.917. The highest BCUT2D eigenvalue weighted by Gasteiger charge is 2.48. The summed E-state index contributed by atoms with van der Waals surface area (Å²) in [6.07, 6.45) is 0.282. The summed E-state index contributed by atoms with van der Waals surface area (Å²) >= 11 is 0. The van der Waals surface area contributed by atoms with Crippen molar-refractivity contribution in [3.05, 3.63) is 0 Å². The molecule has 0 radical (unpaired) electrons. The third kappa shape index (κ3) is 3.62. The van der Waals surface area contributed by atoms with Crippen LogP contribution in [0.15, 0.2) is 0 Å². The molecule has 0 saturated heterocycles. The third-order valence-corrected chi connectivity index (χ3v) is 3.55. The molecule has 0 aromatic heterocycles. The van der Waals surface area contributed by atoms with Gasteiger partial charge in [0.1, 0.15) is 12.1 Å². The monoisotopic (exact) mass is 265 g/mol. The summed E-state index contributed by atoms with van der Waals surface area (Å²) < 4.78 is 28.6. The fourth-order valence-electron chi connectivity index (χ4n) is 2.77. The van der Waals surface area contributed by atoms with Crippen LogP contribution in [0.1, 0.15) is 32.6 Å². The highest BCUT2D eigenvalue weighted by atomic mass is 19.3. The van der Waals surface area contributed by atoms with Gasteiger partial charge in [-0.15, -0.1) is 0 Å². The van der Waals surface area contributed by atoms with E-state index in [1.807, 2.05) is 6.92 Å². The molecule has 6 heteroatoms. The van der Waals surface area contributed by atoms with E-state index in [9.17, 15) is 18.7 Å². The summed E-state index contributed by atoms with van der Waals surface area (Å²) in [6, 6.07) is 0. The van der Waals surface area contributed by atoms with E-state index in [1.54, 1.807) is 0 Å². The molecule has 1 fully saturated rings. The van der Waals surface area contributed by atoms with Crippen LogP contribution >= 0.6 is 0 Å². The van der Waals surface area contributed by atoms with Crippen molar-refractivity contribution in [1.29, 1.82) is 0 Å². The summed E-state index contributed by atoms with van der Waals surface area (Å²) in [5.74, 6) is -0.895. The Labute approximate surface area is 106 Å². The first kappa shape index (κ1) is 15.3. The Hall–Kier alpha value is -0.750. The average molecular weight is 265 g/mol. The molecule has 1 aliphatic carbocycles. The Bertz CT molecular complexity index is 276. The number of hydrogen-bond donors (Lipinski definition) is 2. The molecule has 18 heavy (non-hydrogen) atoms. The molecule has 0 spiro atoms. The highest BCUT2D eigenvalue weighted by Crippen LogP contribution is 2.38. The minimum Gasteiger partial charge on any atom is -0.480 e. The lowest BCUT2D eigenvalue weighted by molar-refractivity contribution is -0.147. The second kappa shape index (κ2) is 6.99. The maximum absolute atomic E-state index is 11.9. The zero-order valence-corrected chi connectivity index (χ0v) is 10.6. The first-order chi connectivity index (χ1) is 8.53. The summed E-state index contributed by atoms with van der Waals surface area (Å²) in [4.78, 5) is 11.4. The summed E-state index contributed by atoms with van der Waals surface area (Å²) in [5, 5.41) is 12.4. The van der Waals surface area contributed by atoms with Crippen LogP contribution in [0.3, 0.4) is 0 Å². The zero-order valence-electron chi connectivity index (χ0n) is 10.6. The van der Waals surface area contributed by atoms with Gasteiger partial charge in [0, 0.05) is 6.61 Å². The molecule has 1 saturated carbocycles. The van der Waals surface area contributed by atoms with Crippen LogP contribution < -0.4 is 5.32 Å². The lowest BCUT2D eigenvalue weighted by atomic mass is 9.84. The first-order valence-electron chi connectivity index (χ1n) is 6.37. The number of ether oxygens (including phenoxy) is 1. The number of carboxylic acids is 1. The van der Waals surface area contributed by atoms with Gasteiger partial charge in [-0.1, -0.05) is 13.3 Å². The van der Waals surface area contributed by atoms with Crippen molar-refractivity contribution in [2.75, 3.05) is 19.8 Å². The largest absolute Gasteiger partial charge is 0.480 e. The van der Waals surface area contributed by atoms with Gasteiger partial charge >= 0.3 is 5.97 Å². The lowest BCUT2D eigenvalue weighted by Gasteiger charge is -2.32. The molecule has 0 heterocycles. The van der Waals surface area contributed by atoms with Crippen LogP contribution in [0, 0.1) is 5.92 Å². The molecule has 0 aromatic rings. The smallest absolute Gasteiger partial charge is 0.324 e. The number of alkyl halides is 2. The van der Waals surface area contributed by atoms with Crippen LogP contribution in [0.4, 0.5) is 8.78 Å². The van der Waals surface area contributed by atoms with Gasteiger partial charge < -0.3 is 15.2 Å². The van der Waals surface area contributed by atoms with Crippen LogP contribution in [0.25, 0.3) is 0 Å². The van der Waals surface area contributed by atoms with Crippen molar-refractivity contribution in [3.8, 4) is 0 Å². The number of carbonyl (C=O) groups is 1. The summed E-state index contributed by atoms with van der Waals surface area (Å²) in [5.41, 5.74) is -0.900. The molecule has 106 valence electrons. The van der Waals surface area contributed by atoms with Gasteiger partial charge in [0.05, 0.1) is 0 Å². The molecular formula is C12H21F2NO3. The van der Waals surface area contributed by atoms with E-state index in [4.69, 9.17) is 4.74 Å². The average Bonchev–Trinajstić information content (AvgIpc) is 2.69. The van der Waals surface area contributed by atoms with Crippen LogP contribution in [0.2, 0.25) is 0 Å². The Morgan fingerprint density at radius 3 is 2.89 bits per heavy atom. The normalized spacial score (nSPS) is 27.9. The Morgan fingerprint density at radius 2 is 2.33 bits per heavy atom. The molecule has 0 aromatic carbocycles. The van der Waals surface area contributed by atoms with Gasteiger partial charge in [-0.05, 0) is 31.7 Å². The Morgan fingerprint density at radius 1 is 1.61 bits per heavy atom. The summed E-state index contributed by atoms with van der Waals surface area (Å²) in [7, 11) is 0. The van der Waals surface area contributed by atoms with E-state index < -0.39 is 24.5 Å². The number of rotatable bonds is 8. The standard InChI is InChI=1S/C12H21F2NO3/c1-2-15-12(11(16)17)6-3-4-9(12)5-7-18-8-10(13)14/h9-10,15H,2-8H2,1H3,(H,16,17). The Kier molecular flexibility index (Phi) is 5.95. The zero-order chi connectivity index (χ0) is 13.6. The molecule has 2 atom stereocenters. The number of carboxylic acid groups (broad SMARTS) is 1. The number of halogens is 2. The van der Waals surface area contributed by atoms with Crippen molar-refractivity contribution < 1.29 is 23.4 Å². The molecule has 0 bridgehead atoms. The van der Waals surface area contributed by atoms with E-state index in [0.717, 1.165) is 12.8 Å². The third-order valence-electron chi connectivity index (χ3n) is 3.55. The van der Waals surface area contributed by atoms with Crippen molar-refractivity contribution >= 4 is 5.97 Å². The molecule has 0 amide bonds. The first-order valence-corrected chi connectivity index (χ1v) is 6.37. The number of likely N-dealkylation sites (N-methyl/N-ethyl adjacent to an activating group) is 1. The van der Waals surface area contributed by atoms with E-state index in [-0.39, 0.29) is 12.5 Å². The molecule has 0 aliphatic heterocycles. The second-order valence-electron chi connectivity index (χ2n) is 4.65. The van der Waals surface area contributed by atoms with Crippen LogP contribution in [-0.4, -0.2) is 42.8 Å². The minimum absolute atomic E-state index is 0.0485. The van der Waals surface area contributed by atoms with Crippen molar-refractivity contribution in [2.45, 2.75) is 44.6 Å². The lowest BCUT2D eigenvalue weighted by Crippen LogP contribution is -2.54. The van der Waals surface area contributed by atoms with E-state index >= 15 is 0 Å². The minimum atomic E-state index is -2.47. The molecule has 2 N–H and O–H groups in total. The maximum atomic E-state index is 11.9. The van der Waals surface area contributed by atoms with Crippen molar-refractivity contribution in [2.24, 2.45) is 5.92 Å². The van der Waals surface area contributed by atoms with Gasteiger partial charge in [-0.2, -0.15) is 0 Å². The van der Waals surface area contributed by atoms with E-state index in [0.29, 0.717) is 19.4 Å². The number of aliphatic carboxylic acids is 1. The maximum Gasteiger partial charge on any atom is 0.324 e. The second-order valence-corrected chi connectivity index (χ2v) is 4.65. The SMILES string of the molecule is CCNC1(C(=O)O)CCCC1CCOCC(F)F. The van der Waals surface area contributed by atoms with Crippen LogP contribution in [-0.2, 0) is 9.53 Å². The van der Waals surface area contributed by atoms with Gasteiger partial charge in [0.15, 0.2) is 0 Å². The fourth-order valence-corrected chi connectivity index (χ4v) is 2.77. The van der Waals surface area contributed by atoms with Gasteiger partial charge in [-0.3, -0.25) is 4.79 Å². The van der Waals surface area contributed by atoms with Gasteiger partial charge in [-0.25, -0.2) is 8.78 Å². The molecule has 1 rings (SSSR count). The van der Waals surface area contributed by atoms with Gasteiger partial charge in [0.25, 0.3) is 6.43 Å². The van der Waals surface area contributed by atoms with Crippen molar-refractivity contribution in [1.82, 2.24) is 5.32 Å². The molecule has 1 aliphatic rings. The molecule has 2 unspecified atom stereocenters. The highest BCUT2D eigenvalue weighted by molar-refractivity contribution is 5.79. The van der Waals surface area contributed by atoms with Crippen molar-refractivity contribution in [3.63, 3.8) is 0 Å². The Balaban J connectivity index is 2.49. The number of hydrogen-bond acceptors (Lipinski definition) is 3. The molecule has 4 nitrogen and oxygen atoms in total. The predicted molar refractivity (Wildman–Crippen MR) is 62.8 cm³/mol. The van der Waals surface area contributed by atoms with E-state index in [2.05, 4.69) is 5.32 Å². The topological polar surface area (TPSA) is 58.6 Å². The quantitative estimate of drug-likeness (QED) is 0.658.